The first-order valence-corrected chi connectivity index (χ1v) is 8.55. The number of nitrogens with one attached hydrogen (secondary N) is 2. The molecule has 0 aliphatic carbocycles. The van der Waals surface area contributed by atoms with Crippen molar-refractivity contribution in [1.29, 1.82) is 5.26 Å². The smallest absolute Gasteiger partial charge is 0.266 e. The van der Waals surface area contributed by atoms with Crippen LogP contribution < -0.4 is 5.32 Å². The average molecular weight is 337 g/mol. The number of nitrogens with zero attached hydrogens (tertiary/aromatic N) is 3. The lowest BCUT2D eigenvalue weighted by Gasteiger charge is -2.32. The summed E-state index contributed by atoms with van der Waals surface area (Å²) >= 11 is 0. The molecule has 1 aromatic carbocycles. The molecule has 0 atom stereocenters. The van der Waals surface area contributed by atoms with E-state index < -0.39 is 0 Å². The van der Waals surface area contributed by atoms with Gasteiger partial charge >= 0.3 is 0 Å². The molecule has 1 aromatic heterocycles. The number of carbonyl (C=O) groups excluding carboxylic acids is 1. The van der Waals surface area contributed by atoms with Gasteiger partial charge in [0.15, 0.2) is 0 Å². The van der Waals surface area contributed by atoms with Gasteiger partial charge in [0.1, 0.15) is 11.6 Å². The van der Waals surface area contributed by atoms with Crippen LogP contribution in [0.3, 0.4) is 0 Å². The lowest BCUT2D eigenvalue weighted by atomic mass is 10.1. The number of rotatable bonds is 5. The van der Waals surface area contributed by atoms with Crippen LogP contribution in [0, 0.1) is 11.3 Å². The molecule has 0 radical (unpaired) electrons. The van der Waals surface area contributed by atoms with Crippen molar-refractivity contribution in [3.8, 4) is 6.07 Å². The highest BCUT2D eigenvalue weighted by atomic mass is 16.2. The Balaban J connectivity index is 1.55. The molecule has 3 rings (SSSR count). The second-order valence-corrected chi connectivity index (χ2v) is 6.33. The van der Waals surface area contributed by atoms with Crippen LogP contribution in [0.1, 0.15) is 5.56 Å². The van der Waals surface area contributed by atoms with E-state index in [9.17, 15) is 10.1 Å². The summed E-state index contributed by atoms with van der Waals surface area (Å²) in [7, 11) is 2.04. The molecular weight excluding hydrogens is 314 g/mol. The van der Waals surface area contributed by atoms with Crippen LogP contribution in [0.15, 0.2) is 42.2 Å². The summed E-state index contributed by atoms with van der Waals surface area (Å²) in [5.74, 6) is -0.185. The molecule has 0 bridgehead atoms. The minimum Gasteiger partial charge on any atom is -0.389 e. The fourth-order valence-electron chi connectivity index (χ4n) is 3.04. The van der Waals surface area contributed by atoms with Crippen molar-refractivity contribution < 1.29 is 4.79 Å². The van der Waals surface area contributed by atoms with E-state index in [2.05, 4.69) is 27.3 Å². The lowest BCUT2D eigenvalue weighted by Crippen LogP contribution is -2.47. The minimum absolute atomic E-state index is 0.170. The van der Waals surface area contributed by atoms with Crippen molar-refractivity contribution in [3.05, 3.63) is 47.8 Å². The number of amides is 1. The average Bonchev–Trinajstić information content (AvgIpc) is 3.05. The van der Waals surface area contributed by atoms with Crippen molar-refractivity contribution in [2.45, 2.75) is 6.42 Å². The van der Waals surface area contributed by atoms with Crippen molar-refractivity contribution in [3.63, 3.8) is 0 Å². The van der Waals surface area contributed by atoms with E-state index in [1.807, 2.05) is 31.4 Å². The number of nitriles is 1. The van der Waals surface area contributed by atoms with Gasteiger partial charge in [-0.25, -0.2) is 0 Å². The first-order chi connectivity index (χ1) is 12.2. The number of benzene rings is 1. The standard InChI is InChI=1S/C19H23N5O/c1-23-8-10-24(11-9-23)19(25)16(12-20)13-21-7-6-15-14-22-18-5-3-2-4-17(15)18/h2-5,13-14,21-22H,6-11H2,1H3/b16-13-. The Kier molecular flexibility index (Phi) is 5.36. The number of para-hydroxylation sites is 1. The van der Waals surface area contributed by atoms with Gasteiger partial charge < -0.3 is 20.1 Å². The molecule has 1 aliphatic rings. The molecule has 0 spiro atoms. The third-order valence-corrected chi connectivity index (χ3v) is 4.60. The fourth-order valence-corrected chi connectivity index (χ4v) is 3.04. The Bertz CT molecular complexity index is 809. The molecule has 130 valence electrons. The molecule has 1 fully saturated rings. The number of hydrogen-bond acceptors (Lipinski definition) is 4. The second kappa shape index (κ2) is 7.86. The summed E-state index contributed by atoms with van der Waals surface area (Å²) < 4.78 is 0. The quantitative estimate of drug-likeness (QED) is 0.492. The van der Waals surface area contributed by atoms with Gasteiger partial charge in [-0.15, -0.1) is 0 Å². The predicted octanol–water partition coefficient (Wildman–Crippen LogP) is 1.48. The van der Waals surface area contributed by atoms with Crippen LogP contribution in [0.2, 0.25) is 0 Å². The number of aromatic nitrogens is 1. The number of aromatic amines is 1. The van der Waals surface area contributed by atoms with Crippen molar-refractivity contribution in [1.82, 2.24) is 20.1 Å². The summed E-state index contributed by atoms with van der Waals surface area (Å²) in [5, 5.41) is 13.6. The SMILES string of the molecule is CN1CCN(C(=O)/C(C#N)=C\NCCc2c[nH]c3ccccc23)CC1. The van der Waals surface area contributed by atoms with Gasteiger partial charge in [0.05, 0.1) is 0 Å². The van der Waals surface area contributed by atoms with Crippen molar-refractivity contribution >= 4 is 16.8 Å². The first-order valence-electron chi connectivity index (χ1n) is 8.55. The van der Waals surface area contributed by atoms with Crippen LogP contribution >= 0.6 is 0 Å². The highest BCUT2D eigenvalue weighted by Crippen LogP contribution is 2.17. The van der Waals surface area contributed by atoms with Gasteiger partial charge in [0.25, 0.3) is 5.91 Å². The van der Waals surface area contributed by atoms with Crippen molar-refractivity contribution in [2.75, 3.05) is 39.8 Å². The predicted molar refractivity (Wildman–Crippen MR) is 97.8 cm³/mol. The fraction of sp³-hybridized carbons (Fsp3) is 0.368. The highest BCUT2D eigenvalue weighted by molar-refractivity contribution is 5.97. The Morgan fingerprint density at radius 2 is 2.08 bits per heavy atom. The van der Waals surface area contributed by atoms with Crippen molar-refractivity contribution in [2.24, 2.45) is 0 Å². The number of hydrogen-bond donors (Lipinski definition) is 2. The Labute approximate surface area is 147 Å². The molecule has 2 N–H and O–H groups in total. The molecule has 1 saturated heterocycles. The molecule has 25 heavy (non-hydrogen) atoms. The summed E-state index contributed by atoms with van der Waals surface area (Å²) in [6.45, 7) is 3.70. The highest BCUT2D eigenvalue weighted by Gasteiger charge is 2.21. The van der Waals surface area contributed by atoms with Gasteiger partial charge in [-0.3, -0.25) is 4.79 Å². The van der Waals surface area contributed by atoms with E-state index in [0.717, 1.165) is 25.0 Å². The largest absolute Gasteiger partial charge is 0.389 e. The van der Waals surface area contributed by atoms with Crippen LogP contribution in [-0.2, 0) is 11.2 Å². The Morgan fingerprint density at radius 1 is 1.32 bits per heavy atom. The van der Waals surface area contributed by atoms with E-state index in [0.29, 0.717) is 19.6 Å². The maximum absolute atomic E-state index is 12.4. The maximum atomic E-state index is 12.4. The zero-order valence-corrected chi connectivity index (χ0v) is 14.5. The van der Waals surface area contributed by atoms with Gasteiger partial charge in [-0.05, 0) is 25.1 Å². The summed E-state index contributed by atoms with van der Waals surface area (Å²) in [6.07, 6.45) is 4.38. The Morgan fingerprint density at radius 3 is 2.84 bits per heavy atom. The van der Waals surface area contributed by atoms with Gasteiger partial charge in [-0.2, -0.15) is 5.26 Å². The normalized spacial score (nSPS) is 16.0. The van der Waals surface area contributed by atoms with Crippen LogP contribution in [0.5, 0.6) is 0 Å². The molecule has 2 heterocycles. The second-order valence-electron chi connectivity index (χ2n) is 6.33. The van der Waals surface area contributed by atoms with Gasteiger partial charge in [-0.1, -0.05) is 18.2 Å². The molecular formula is C19H23N5O. The van der Waals surface area contributed by atoms with E-state index >= 15 is 0 Å². The molecule has 6 nitrogen and oxygen atoms in total. The summed E-state index contributed by atoms with van der Waals surface area (Å²) in [4.78, 5) is 19.6. The van der Waals surface area contributed by atoms with E-state index in [1.165, 1.54) is 10.9 Å². The van der Waals surface area contributed by atoms with Crippen LogP contribution in [0.25, 0.3) is 10.9 Å². The number of carbonyl (C=O) groups is 1. The van der Waals surface area contributed by atoms with E-state index in [-0.39, 0.29) is 11.5 Å². The Hall–Kier alpha value is -2.78. The molecule has 1 aliphatic heterocycles. The molecule has 1 amide bonds. The first kappa shape index (κ1) is 17.1. The summed E-state index contributed by atoms with van der Waals surface area (Å²) in [5.41, 5.74) is 2.51. The molecule has 0 unspecified atom stereocenters. The molecule has 0 saturated carbocycles. The molecule has 2 aromatic rings. The van der Waals surface area contributed by atoms with E-state index in [1.54, 1.807) is 11.1 Å². The third kappa shape index (κ3) is 4.01. The zero-order chi connectivity index (χ0) is 17.6. The van der Waals surface area contributed by atoms with Gasteiger partial charge in [0.2, 0.25) is 0 Å². The third-order valence-electron chi connectivity index (χ3n) is 4.60. The number of fused-ring (bicyclic) bond motifs is 1. The number of H-pyrrole nitrogens is 1. The number of likely N-dealkylation sites (N-methyl/N-ethyl adjacent to an activating group) is 1. The van der Waals surface area contributed by atoms with E-state index in [4.69, 9.17) is 0 Å². The lowest BCUT2D eigenvalue weighted by molar-refractivity contribution is -0.128. The van der Waals surface area contributed by atoms with Gasteiger partial charge in [0, 0.05) is 56.0 Å². The number of piperazine rings is 1. The van der Waals surface area contributed by atoms with Crippen LogP contribution in [0.4, 0.5) is 0 Å². The van der Waals surface area contributed by atoms with Crippen LogP contribution in [-0.4, -0.2) is 60.5 Å². The summed E-state index contributed by atoms with van der Waals surface area (Å²) in [6, 6.07) is 10.2. The monoisotopic (exact) mass is 337 g/mol. The minimum atomic E-state index is -0.185. The topological polar surface area (TPSA) is 75.2 Å². The zero-order valence-electron chi connectivity index (χ0n) is 14.5. The maximum Gasteiger partial charge on any atom is 0.266 e. The molecule has 6 heteroatoms.